The van der Waals surface area contributed by atoms with Crippen molar-refractivity contribution in [2.24, 2.45) is 0 Å². The van der Waals surface area contributed by atoms with Crippen LogP contribution >= 0.6 is 0 Å². The van der Waals surface area contributed by atoms with E-state index in [1.54, 1.807) is 0 Å². The van der Waals surface area contributed by atoms with Gasteiger partial charge in [-0.1, -0.05) is 25.1 Å². The predicted molar refractivity (Wildman–Crippen MR) is 71.3 cm³/mol. The number of carbonyl (C=O) groups excluding carboxylic acids is 1. The zero-order valence-electron chi connectivity index (χ0n) is 11.2. The van der Waals surface area contributed by atoms with Gasteiger partial charge < -0.3 is 14.2 Å². The number of para-hydroxylation sites is 1. The van der Waals surface area contributed by atoms with E-state index in [0.717, 1.165) is 12.2 Å². The Morgan fingerprint density at radius 1 is 1.11 bits per heavy atom. The molecule has 19 heavy (non-hydrogen) atoms. The highest BCUT2D eigenvalue weighted by molar-refractivity contribution is 5.90. The van der Waals surface area contributed by atoms with Crippen LogP contribution in [0.15, 0.2) is 30.3 Å². The van der Waals surface area contributed by atoms with Gasteiger partial charge in [0.05, 0.1) is 12.7 Å². The fraction of sp³-hybridized carbons (Fsp3) is 0.533. The van der Waals surface area contributed by atoms with Crippen molar-refractivity contribution in [3.8, 4) is 5.75 Å². The Hall–Kier alpha value is -1.39. The zero-order chi connectivity index (χ0) is 13.5. The van der Waals surface area contributed by atoms with Crippen LogP contribution in [-0.2, 0) is 14.3 Å². The summed E-state index contributed by atoms with van der Waals surface area (Å²) in [6.45, 7) is 3.58. The minimum Gasteiger partial charge on any atom is -0.491 e. The van der Waals surface area contributed by atoms with Crippen LogP contribution in [0, 0.1) is 0 Å². The van der Waals surface area contributed by atoms with Crippen LogP contribution < -0.4 is 4.74 Å². The number of hydrogen-bond donors (Lipinski definition) is 0. The van der Waals surface area contributed by atoms with Crippen LogP contribution in [-0.4, -0.2) is 37.8 Å². The fourth-order valence-corrected chi connectivity index (χ4v) is 1.94. The second-order valence-corrected chi connectivity index (χ2v) is 4.53. The molecule has 4 heteroatoms. The largest absolute Gasteiger partial charge is 0.491 e. The maximum absolute atomic E-state index is 11.4. The summed E-state index contributed by atoms with van der Waals surface area (Å²) in [7, 11) is 0. The number of ketones is 1. The molecule has 0 saturated heterocycles. The van der Waals surface area contributed by atoms with E-state index in [9.17, 15) is 4.79 Å². The Bertz CT molecular complexity index is 390. The van der Waals surface area contributed by atoms with Crippen molar-refractivity contribution < 1.29 is 19.0 Å². The van der Waals surface area contributed by atoms with Gasteiger partial charge in [0.2, 0.25) is 0 Å². The maximum atomic E-state index is 11.4. The highest BCUT2D eigenvalue weighted by Gasteiger charge is 2.41. The first-order valence-electron chi connectivity index (χ1n) is 6.75. The SMILES string of the molecule is CCCOC1C(=O)CC1OCCOc1ccccc1. The fourth-order valence-electron chi connectivity index (χ4n) is 1.94. The molecule has 0 amide bonds. The molecule has 0 spiro atoms. The van der Waals surface area contributed by atoms with Gasteiger partial charge in [-0.2, -0.15) is 0 Å². The summed E-state index contributed by atoms with van der Waals surface area (Å²) in [5.74, 6) is 0.969. The van der Waals surface area contributed by atoms with E-state index in [1.807, 2.05) is 37.3 Å². The number of hydrogen-bond acceptors (Lipinski definition) is 4. The number of benzene rings is 1. The molecule has 4 nitrogen and oxygen atoms in total. The molecule has 0 aromatic heterocycles. The molecular formula is C15H20O4. The Balaban J connectivity index is 1.62. The minimum atomic E-state index is -0.364. The Morgan fingerprint density at radius 2 is 1.89 bits per heavy atom. The van der Waals surface area contributed by atoms with Crippen molar-refractivity contribution in [2.45, 2.75) is 32.0 Å². The van der Waals surface area contributed by atoms with E-state index in [0.29, 0.717) is 26.2 Å². The molecule has 2 atom stereocenters. The van der Waals surface area contributed by atoms with E-state index >= 15 is 0 Å². The van der Waals surface area contributed by atoms with Crippen LogP contribution in [0.2, 0.25) is 0 Å². The third kappa shape index (κ3) is 4.04. The molecular weight excluding hydrogens is 244 g/mol. The van der Waals surface area contributed by atoms with Crippen LogP contribution in [0.4, 0.5) is 0 Å². The van der Waals surface area contributed by atoms with Crippen LogP contribution in [0.1, 0.15) is 19.8 Å². The quantitative estimate of drug-likeness (QED) is 0.675. The minimum absolute atomic E-state index is 0.0987. The summed E-state index contributed by atoms with van der Waals surface area (Å²) >= 11 is 0. The topological polar surface area (TPSA) is 44.8 Å². The van der Waals surface area contributed by atoms with Crippen molar-refractivity contribution in [1.29, 1.82) is 0 Å². The molecule has 1 fully saturated rings. The highest BCUT2D eigenvalue weighted by Crippen LogP contribution is 2.23. The van der Waals surface area contributed by atoms with E-state index < -0.39 is 0 Å². The van der Waals surface area contributed by atoms with Crippen LogP contribution in [0.25, 0.3) is 0 Å². The lowest BCUT2D eigenvalue weighted by Gasteiger charge is -2.34. The van der Waals surface area contributed by atoms with Gasteiger partial charge in [-0.15, -0.1) is 0 Å². The van der Waals surface area contributed by atoms with E-state index in [1.165, 1.54) is 0 Å². The van der Waals surface area contributed by atoms with Crippen molar-refractivity contribution in [1.82, 2.24) is 0 Å². The summed E-state index contributed by atoms with van der Waals surface area (Å²) in [4.78, 5) is 11.4. The van der Waals surface area contributed by atoms with Crippen LogP contribution in [0.3, 0.4) is 0 Å². The average molecular weight is 264 g/mol. The molecule has 0 heterocycles. The monoisotopic (exact) mass is 264 g/mol. The van der Waals surface area contributed by atoms with Gasteiger partial charge in [-0.3, -0.25) is 4.79 Å². The Kier molecular flexibility index (Phi) is 5.36. The van der Waals surface area contributed by atoms with Crippen molar-refractivity contribution in [2.75, 3.05) is 19.8 Å². The molecule has 0 bridgehead atoms. The van der Waals surface area contributed by atoms with Crippen molar-refractivity contribution >= 4 is 5.78 Å². The molecule has 1 aromatic rings. The summed E-state index contributed by atoms with van der Waals surface area (Å²) in [5, 5.41) is 0. The Labute approximate surface area is 113 Å². The summed E-state index contributed by atoms with van der Waals surface area (Å²) in [5.41, 5.74) is 0. The van der Waals surface area contributed by atoms with E-state index in [4.69, 9.17) is 14.2 Å². The maximum Gasteiger partial charge on any atom is 0.166 e. The molecule has 0 aliphatic heterocycles. The first-order chi connectivity index (χ1) is 9.31. The number of carbonyl (C=O) groups is 1. The summed E-state index contributed by atoms with van der Waals surface area (Å²) in [6, 6.07) is 9.60. The zero-order valence-corrected chi connectivity index (χ0v) is 11.2. The van der Waals surface area contributed by atoms with E-state index in [-0.39, 0.29) is 18.0 Å². The lowest BCUT2D eigenvalue weighted by atomic mass is 9.90. The van der Waals surface area contributed by atoms with Gasteiger partial charge in [-0.05, 0) is 18.6 Å². The van der Waals surface area contributed by atoms with Crippen LogP contribution in [0.5, 0.6) is 5.75 Å². The number of ether oxygens (including phenoxy) is 3. The van der Waals surface area contributed by atoms with Crippen molar-refractivity contribution in [3.05, 3.63) is 30.3 Å². The first-order valence-corrected chi connectivity index (χ1v) is 6.75. The van der Waals surface area contributed by atoms with Crippen molar-refractivity contribution in [3.63, 3.8) is 0 Å². The lowest BCUT2D eigenvalue weighted by molar-refractivity contribution is -0.166. The second-order valence-electron chi connectivity index (χ2n) is 4.53. The number of rotatable bonds is 8. The summed E-state index contributed by atoms with van der Waals surface area (Å²) in [6.07, 6.45) is 0.906. The molecule has 1 aromatic carbocycles. The first kappa shape index (κ1) is 14.0. The Morgan fingerprint density at radius 3 is 2.58 bits per heavy atom. The normalized spacial score (nSPS) is 22.1. The molecule has 2 rings (SSSR count). The van der Waals surface area contributed by atoms with Gasteiger partial charge in [0, 0.05) is 13.0 Å². The lowest BCUT2D eigenvalue weighted by Crippen LogP contribution is -2.51. The summed E-state index contributed by atoms with van der Waals surface area (Å²) < 4.78 is 16.6. The third-order valence-corrected chi connectivity index (χ3v) is 2.99. The smallest absolute Gasteiger partial charge is 0.166 e. The molecule has 0 N–H and O–H groups in total. The van der Waals surface area contributed by atoms with Gasteiger partial charge in [0.25, 0.3) is 0 Å². The van der Waals surface area contributed by atoms with E-state index in [2.05, 4.69) is 0 Å². The molecule has 104 valence electrons. The number of Topliss-reactive ketones (excluding diaryl/α,β-unsaturated/α-hetero) is 1. The molecule has 1 aliphatic carbocycles. The highest BCUT2D eigenvalue weighted by atomic mass is 16.6. The van der Waals surface area contributed by atoms with Gasteiger partial charge in [0.15, 0.2) is 5.78 Å². The van der Waals surface area contributed by atoms with Gasteiger partial charge in [-0.25, -0.2) is 0 Å². The van der Waals surface area contributed by atoms with Gasteiger partial charge >= 0.3 is 0 Å². The molecule has 0 radical (unpaired) electrons. The molecule has 2 unspecified atom stereocenters. The molecule has 1 saturated carbocycles. The molecule has 1 aliphatic rings. The third-order valence-electron chi connectivity index (χ3n) is 2.99. The average Bonchev–Trinajstić information content (AvgIpc) is 2.43. The van der Waals surface area contributed by atoms with Gasteiger partial charge in [0.1, 0.15) is 18.5 Å². The second kappa shape index (κ2) is 7.26. The standard InChI is InChI=1S/C15H20O4/c1-2-8-19-15-13(16)11-14(15)18-10-9-17-12-6-4-3-5-7-12/h3-7,14-15H,2,8-11H2,1H3. The predicted octanol–water partition coefficient (Wildman–Crippen LogP) is 2.22.